The van der Waals surface area contributed by atoms with E-state index in [1.54, 1.807) is 5.38 Å². The smallest absolute Gasteiger partial charge is 0.329 e. The molecule has 1 heterocycles. The van der Waals surface area contributed by atoms with Crippen LogP contribution in [0.3, 0.4) is 0 Å². The maximum absolute atomic E-state index is 12.9. The Hall–Kier alpha value is -2.49. The molecule has 0 saturated carbocycles. The van der Waals surface area contributed by atoms with Crippen LogP contribution in [0.4, 0.5) is 18.9 Å². The topological polar surface area (TPSA) is 76.3 Å². The molecule has 2 aromatic rings. The Labute approximate surface area is 151 Å². The molecule has 0 bridgehead atoms. The summed E-state index contributed by atoms with van der Waals surface area (Å²) in [5, 5.41) is 13.5. The van der Waals surface area contributed by atoms with Crippen LogP contribution in [0.15, 0.2) is 29.6 Å². The largest absolute Gasteiger partial charge is 0.406 e. The second-order valence-corrected chi connectivity index (χ2v) is 6.46. The fourth-order valence-corrected chi connectivity index (χ4v) is 3.08. The van der Waals surface area contributed by atoms with E-state index < -0.39 is 30.1 Å². The Bertz CT molecular complexity index is 792. The number of thiazole rings is 1. The van der Waals surface area contributed by atoms with E-state index in [0.717, 1.165) is 5.01 Å². The van der Waals surface area contributed by atoms with Gasteiger partial charge < -0.3 is 4.90 Å². The van der Waals surface area contributed by atoms with Crippen LogP contribution in [0.5, 0.6) is 0 Å². The van der Waals surface area contributed by atoms with Crippen LogP contribution >= 0.6 is 11.3 Å². The average Bonchev–Trinajstić information content (AvgIpc) is 3.01. The molecule has 0 fully saturated rings. The second kappa shape index (κ2) is 8.26. The van der Waals surface area contributed by atoms with Crippen molar-refractivity contribution in [1.82, 2.24) is 9.88 Å². The van der Waals surface area contributed by atoms with Crippen molar-refractivity contribution in [3.63, 3.8) is 0 Å². The molecule has 2 rings (SSSR count). The minimum Gasteiger partial charge on any atom is -0.329 e. The second-order valence-electron chi connectivity index (χ2n) is 5.51. The third kappa shape index (κ3) is 5.51. The highest BCUT2D eigenvalue weighted by atomic mass is 32.1. The van der Waals surface area contributed by atoms with E-state index in [9.17, 15) is 28.1 Å². The molecule has 6 nitrogen and oxygen atoms in total. The van der Waals surface area contributed by atoms with Crippen molar-refractivity contribution in [1.29, 1.82) is 0 Å². The number of para-hydroxylation sites is 1. The minimum absolute atomic E-state index is 0.0441. The molecule has 0 atom stereocenters. The predicted octanol–water partition coefficient (Wildman–Crippen LogP) is 3.75. The first kappa shape index (κ1) is 19.8. The van der Waals surface area contributed by atoms with Gasteiger partial charge in [-0.15, -0.1) is 11.3 Å². The van der Waals surface area contributed by atoms with E-state index in [4.69, 9.17) is 0 Å². The number of carbonyl (C=O) groups excluding carboxylic acids is 1. The van der Waals surface area contributed by atoms with Crippen molar-refractivity contribution in [2.45, 2.75) is 32.5 Å². The molecule has 10 heteroatoms. The molecule has 0 radical (unpaired) electrons. The molecule has 1 aromatic heterocycles. The van der Waals surface area contributed by atoms with Crippen LogP contribution in [0.2, 0.25) is 0 Å². The molecule has 26 heavy (non-hydrogen) atoms. The lowest BCUT2D eigenvalue weighted by Gasteiger charge is -2.23. The van der Waals surface area contributed by atoms with Crippen LogP contribution in [-0.4, -0.2) is 33.4 Å². The Morgan fingerprint density at radius 3 is 2.62 bits per heavy atom. The van der Waals surface area contributed by atoms with E-state index >= 15 is 0 Å². The predicted molar refractivity (Wildman–Crippen MR) is 89.8 cm³/mol. The molecule has 0 saturated heterocycles. The maximum Gasteiger partial charge on any atom is 0.406 e. The van der Waals surface area contributed by atoms with E-state index in [0.29, 0.717) is 17.0 Å². The molecule has 1 amide bonds. The molecular formula is C16H16F3N3O3S. The van der Waals surface area contributed by atoms with Gasteiger partial charge in [-0.05, 0) is 6.42 Å². The van der Waals surface area contributed by atoms with Crippen LogP contribution in [0.1, 0.15) is 23.2 Å². The molecular weight excluding hydrogens is 371 g/mol. The number of hydrogen-bond donors (Lipinski definition) is 0. The number of nitrogens with zero attached hydrogens (tertiary/aromatic N) is 3. The summed E-state index contributed by atoms with van der Waals surface area (Å²) in [7, 11) is 0. The number of hydrogen-bond acceptors (Lipinski definition) is 5. The highest BCUT2D eigenvalue weighted by Crippen LogP contribution is 2.23. The van der Waals surface area contributed by atoms with Gasteiger partial charge in [0.05, 0.1) is 28.6 Å². The summed E-state index contributed by atoms with van der Waals surface area (Å²) >= 11 is 1.33. The van der Waals surface area contributed by atoms with E-state index in [-0.39, 0.29) is 17.7 Å². The van der Waals surface area contributed by atoms with Crippen molar-refractivity contribution in [2.24, 2.45) is 0 Å². The summed E-state index contributed by atoms with van der Waals surface area (Å²) in [5.41, 5.74) is 0.114. The van der Waals surface area contributed by atoms with Crippen LogP contribution in [-0.2, 0) is 24.2 Å². The van der Waals surface area contributed by atoms with Crippen molar-refractivity contribution in [3.05, 3.63) is 56.0 Å². The molecule has 0 aliphatic carbocycles. The molecule has 0 aliphatic rings. The van der Waals surface area contributed by atoms with Crippen molar-refractivity contribution >= 4 is 22.9 Å². The fraction of sp³-hybridized carbons (Fsp3) is 0.375. The monoisotopic (exact) mass is 387 g/mol. The number of aryl methyl sites for hydroxylation is 1. The first-order valence-corrected chi connectivity index (χ1v) is 8.57. The number of alkyl halides is 3. The van der Waals surface area contributed by atoms with Crippen molar-refractivity contribution in [3.8, 4) is 0 Å². The first-order chi connectivity index (χ1) is 12.2. The van der Waals surface area contributed by atoms with Gasteiger partial charge in [-0.2, -0.15) is 13.2 Å². The molecule has 0 spiro atoms. The maximum atomic E-state index is 12.9. The Kier molecular flexibility index (Phi) is 6.30. The summed E-state index contributed by atoms with van der Waals surface area (Å²) in [5.74, 6) is -0.784. The zero-order valence-electron chi connectivity index (χ0n) is 13.8. The number of rotatable bonds is 7. The zero-order chi connectivity index (χ0) is 19.3. The molecule has 0 aliphatic heterocycles. The normalized spacial score (nSPS) is 11.4. The third-order valence-corrected chi connectivity index (χ3v) is 4.55. The fourth-order valence-electron chi connectivity index (χ4n) is 2.34. The molecule has 140 valence electrons. The van der Waals surface area contributed by atoms with Gasteiger partial charge in [-0.1, -0.05) is 25.1 Å². The quantitative estimate of drug-likeness (QED) is 0.536. The summed E-state index contributed by atoms with van der Waals surface area (Å²) in [6.45, 7) is -0.0994. The lowest BCUT2D eigenvalue weighted by molar-refractivity contribution is -0.385. The Balaban J connectivity index is 2.23. The van der Waals surface area contributed by atoms with Gasteiger partial charge in [-0.3, -0.25) is 14.9 Å². The van der Waals surface area contributed by atoms with Crippen LogP contribution in [0, 0.1) is 10.1 Å². The van der Waals surface area contributed by atoms with Gasteiger partial charge in [0.1, 0.15) is 6.54 Å². The van der Waals surface area contributed by atoms with E-state index in [1.165, 1.54) is 35.6 Å². The van der Waals surface area contributed by atoms with E-state index in [2.05, 4.69) is 4.98 Å². The summed E-state index contributed by atoms with van der Waals surface area (Å²) in [6, 6.07) is 5.43. The van der Waals surface area contributed by atoms with Crippen LogP contribution in [0.25, 0.3) is 0 Å². The van der Waals surface area contributed by atoms with Gasteiger partial charge in [0.2, 0.25) is 5.91 Å². The number of halogens is 3. The lowest BCUT2D eigenvalue weighted by Crippen LogP contribution is -2.39. The first-order valence-electron chi connectivity index (χ1n) is 7.69. The van der Waals surface area contributed by atoms with Gasteiger partial charge in [-0.25, -0.2) is 4.98 Å². The number of benzene rings is 1. The number of nitro benzene ring substituents is 1. The summed E-state index contributed by atoms with van der Waals surface area (Å²) in [6.07, 6.45) is -4.23. The number of aromatic nitrogens is 1. The standard InChI is InChI=1S/C16H16F3N3O3S/c1-2-14-20-12(9-26-14)7-15(23)21(10-16(17,18)19)8-11-5-3-4-6-13(11)22(24)25/h3-6,9H,2,7-8,10H2,1H3. The highest BCUT2D eigenvalue weighted by molar-refractivity contribution is 7.09. The van der Waals surface area contributed by atoms with Gasteiger partial charge in [0.15, 0.2) is 0 Å². The third-order valence-electron chi connectivity index (χ3n) is 3.51. The van der Waals surface area contributed by atoms with Crippen LogP contribution < -0.4 is 0 Å². The minimum atomic E-state index is -4.62. The molecule has 0 unspecified atom stereocenters. The number of carbonyl (C=O) groups is 1. The molecule has 1 aromatic carbocycles. The summed E-state index contributed by atoms with van der Waals surface area (Å²) < 4.78 is 38.7. The zero-order valence-corrected chi connectivity index (χ0v) is 14.6. The van der Waals surface area contributed by atoms with Crippen molar-refractivity contribution in [2.75, 3.05) is 6.54 Å². The van der Waals surface area contributed by atoms with Gasteiger partial charge in [0.25, 0.3) is 5.69 Å². The lowest BCUT2D eigenvalue weighted by atomic mass is 10.1. The average molecular weight is 387 g/mol. The Morgan fingerprint density at radius 2 is 2.04 bits per heavy atom. The van der Waals surface area contributed by atoms with Crippen molar-refractivity contribution < 1.29 is 22.9 Å². The Morgan fingerprint density at radius 1 is 1.35 bits per heavy atom. The van der Waals surface area contributed by atoms with E-state index in [1.807, 2.05) is 6.92 Å². The molecule has 0 N–H and O–H groups in total. The van der Waals surface area contributed by atoms with Gasteiger partial charge >= 0.3 is 6.18 Å². The summed E-state index contributed by atoms with van der Waals surface area (Å²) in [4.78, 5) is 27.5. The number of nitro groups is 1. The SMILES string of the molecule is CCc1nc(CC(=O)N(Cc2ccccc2[N+](=O)[O-])CC(F)(F)F)cs1. The number of amides is 1. The highest BCUT2D eigenvalue weighted by Gasteiger charge is 2.34. The van der Waals surface area contributed by atoms with Gasteiger partial charge in [0, 0.05) is 17.0 Å².